The van der Waals surface area contributed by atoms with Crippen molar-refractivity contribution in [1.82, 2.24) is 19.9 Å². The average Bonchev–Trinajstić information content (AvgIpc) is 3.08. The predicted molar refractivity (Wildman–Crippen MR) is 119 cm³/mol. The zero-order chi connectivity index (χ0) is 21.8. The molecule has 0 aliphatic rings. The van der Waals surface area contributed by atoms with Crippen LogP contribution in [0.4, 0.5) is 11.6 Å². The molecule has 0 unspecified atom stereocenters. The van der Waals surface area contributed by atoms with E-state index < -0.39 is 0 Å². The molecule has 0 radical (unpaired) electrons. The van der Waals surface area contributed by atoms with Gasteiger partial charge in [-0.05, 0) is 42.3 Å². The second-order valence-corrected chi connectivity index (χ2v) is 6.68. The Balaban J connectivity index is 1.60. The molecule has 4 N–H and O–H groups in total. The van der Waals surface area contributed by atoms with Crippen molar-refractivity contribution in [2.75, 3.05) is 12.4 Å². The number of nitrogens with one attached hydrogen (secondary N) is 2. The molecule has 1 amide bonds. The van der Waals surface area contributed by atoms with Crippen molar-refractivity contribution >= 4 is 28.6 Å². The van der Waals surface area contributed by atoms with E-state index in [0.717, 1.165) is 22.3 Å². The fourth-order valence-electron chi connectivity index (χ4n) is 3.11. The first-order chi connectivity index (χ1) is 15.1. The smallest absolute Gasteiger partial charge is 0.269 e. The summed E-state index contributed by atoms with van der Waals surface area (Å²) >= 11 is 0. The van der Waals surface area contributed by atoms with Gasteiger partial charge in [-0.2, -0.15) is 0 Å². The molecule has 154 valence electrons. The van der Waals surface area contributed by atoms with Crippen molar-refractivity contribution in [2.45, 2.75) is 0 Å². The van der Waals surface area contributed by atoms with Crippen LogP contribution in [0, 0.1) is 12.0 Å². The third-order valence-corrected chi connectivity index (χ3v) is 4.61. The first-order valence-electron chi connectivity index (χ1n) is 9.48. The van der Waals surface area contributed by atoms with E-state index in [9.17, 15) is 4.79 Å². The molecule has 0 fully saturated rings. The number of fused-ring (bicyclic) bond motifs is 1. The number of nitrogens with two attached hydrogens (primary N) is 1. The molecule has 8 heteroatoms. The molecular weight excluding hydrogens is 392 g/mol. The van der Waals surface area contributed by atoms with E-state index in [1.54, 1.807) is 19.2 Å². The highest BCUT2D eigenvalue weighted by molar-refractivity contribution is 5.92. The van der Waals surface area contributed by atoms with Crippen LogP contribution in [0.1, 0.15) is 16.1 Å². The number of benzene rings is 2. The molecule has 4 rings (SSSR count). The molecule has 2 aromatic carbocycles. The van der Waals surface area contributed by atoms with E-state index in [1.165, 1.54) is 6.20 Å². The second kappa shape index (κ2) is 8.47. The number of pyridine rings is 1. The van der Waals surface area contributed by atoms with Crippen molar-refractivity contribution in [3.63, 3.8) is 0 Å². The Morgan fingerprint density at radius 1 is 1.13 bits per heavy atom. The maximum Gasteiger partial charge on any atom is 0.269 e. The quantitative estimate of drug-likeness (QED) is 0.343. The van der Waals surface area contributed by atoms with Crippen molar-refractivity contribution in [3.8, 4) is 23.5 Å². The number of hydrogen-bond acceptors (Lipinski definition) is 6. The van der Waals surface area contributed by atoms with Gasteiger partial charge in [-0.25, -0.2) is 4.98 Å². The van der Waals surface area contributed by atoms with Gasteiger partial charge in [0.1, 0.15) is 17.2 Å². The number of imidazole rings is 1. The third-order valence-electron chi connectivity index (χ3n) is 4.61. The molecule has 2 aromatic heterocycles. The van der Waals surface area contributed by atoms with Gasteiger partial charge in [-0.1, -0.05) is 6.07 Å². The number of aromatic nitrogens is 3. The number of aryl methyl sites for hydroxylation is 1. The van der Waals surface area contributed by atoms with Crippen LogP contribution in [0.15, 0.2) is 60.8 Å². The summed E-state index contributed by atoms with van der Waals surface area (Å²) in [6, 6.07) is 18.9. The lowest BCUT2D eigenvalue weighted by Gasteiger charge is -2.07. The lowest BCUT2D eigenvalue weighted by molar-refractivity contribution is 0.0958. The Morgan fingerprint density at radius 3 is 2.77 bits per heavy atom. The van der Waals surface area contributed by atoms with Crippen molar-refractivity contribution in [2.24, 2.45) is 12.8 Å². The highest BCUT2D eigenvalue weighted by Gasteiger charge is 2.11. The summed E-state index contributed by atoms with van der Waals surface area (Å²) < 4.78 is 7.87. The maximum atomic E-state index is 11.8. The van der Waals surface area contributed by atoms with Crippen LogP contribution in [0.25, 0.3) is 11.0 Å². The van der Waals surface area contributed by atoms with E-state index in [0.29, 0.717) is 17.4 Å². The Hall–Kier alpha value is -4.51. The zero-order valence-electron chi connectivity index (χ0n) is 17.0. The van der Waals surface area contributed by atoms with Crippen LogP contribution < -0.4 is 21.1 Å². The first kappa shape index (κ1) is 19.8. The highest BCUT2D eigenvalue weighted by atomic mass is 16.5. The summed E-state index contributed by atoms with van der Waals surface area (Å²) in [7, 11) is 3.49. The summed E-state index contributed by atoms with van der Waals surface area (Å²) in [6.45, 7) is 0. The van der Waals surface area contributed by atoms with Gasteiger partial charge < -0.3 is 25.7 Å². The number of hydrogen-bond donors (Lipinski definition) is 3. The summed E-state index contributed by atoms with van der Waals surface area (Å²) in [5, 5.41) is 5.85. The van der Waals surface area contributed by atoms with Gasteiger partial charge >= 0.3 is 0 Å². The van der Waals surface area contributed by atoms with Crippen LogP contribution in [-0.2, 0) is 7.05 Å². The van der Waals surface area contributed by atoms with Crippen LogP contribution in [-0.4, -0.2) is 27.5 Å². The number of nitrogens with zero attached hydrogens (tertiary/aromatic N) is 3. The Bertz CT molecular complexity index is 1330. The van der Waals surface area contributed by atoms with Gasteiger partial charge in [0.25, 0.3) is 5.91 Å². The zero-order valence-corrected chi connectivity index (χ0v) is 17.0. The number of ether oxygens (including phenoxy) is 1. The molecule has 0 aliphatic heterocycles. The molecule has 0 bridgehead atoms. The third kappa shape index (κ3) is 4.26. The van der Waals surface area contributed by atoms with Crippen LogP contribution >= 0.6 is 0 Å². The minimum absolute atomic E-state index is 0.275. The van der Waals surface area contributed by atoms with Crippen molar-refractivity contribution in [1.29, 1.82) is 0 Å². The number of rotatable bonds is 5. The van der Waals surface area contributed by atoms with E-state index in [-0.39, 0.29) is 11.6 Å². The predicted octanol–water partition coefficient (Wildman–Crippen LogP) is 3.13. The summed E-state index contributed by atoms with van der Waals surface area (Å²) in [6.07, 6.45) is 1.53. The first-order valence-corrected chi connectivity index (χ1v) is 9.48. The molecule has 8 nitrogen and oxygen atoms in total. The fourth-order valence-corrected chi connectivity index (χ4v) is 3.11. The van der Waals surface area contributed by atoms with E-state index >= 15 is 0 Å². The lowest BCUT2D eigenvalue weighted by Crippen LogP contribution is -2.18. The van der Waals surface area contributed by atoms with E-state index in [2.05, 4.69) is 32.6 Å². The average molecular weight is 412 g/mol. The van der Waals surface area contributed by atoms with E-state index in [4.69, 9.17) is 10.5 Å². The lowest BCUT2D eigenvalue weighted by atomic mass is 10.2. The Labute approximate surface area is 179 Å². The van der Waals surface area contributed by atoms with Gasteiger partial charge in [0.05, 0.1) is 11.0 Å². The Kier molecular flexibility index (Phi) is 5.41. The van der Waals surface area contributed by atoms with Crippen LogP contribution in [0.2, 0.25) is 0 Å². The maximum absolute atomic E-state index is 11.8. The molecule has 2 heterocycles. The topological polar surface area (TPSA) is 107 Å². The number of amides is 1. The van der Waals surface area contributed by atoms with Crippen molar-refractivity contribution in [3.05, 3.63) is 72.1 Å². The number of carbonyl (C=O) groups excluding carboxylic acids is 1. The van der Waals surface area contributed by atoms with Gasteiger partial charge in [0.15, 0.2) is 0 Å². The largest absolute Gasteiger partial charge is 0.457 e. The van der Waals surface area contributed by atoms with E-state index in [1.807, 2.05) is 54.1 Å². The van der Waals surface area contributed by atoms with Gasteiger partial charge in [0, 0.05) is 49.7 Å². The summed E-state index contributed by atoms with van der Waals surface area (Å²) in [5.41, 5.74) is 8.96. The molecule has 0 atom stereocenters. The van der Waals surface area contributed by atoms with Crippen LogP contribution in [0.5, 0.6) is 11.5 Å². The molecule has 0 aliphatic carbocycles. The molecule has 31 heavy (non-hydrogen) atoms. The molecule has 0 saturated heterocycles. The minimum atomic E-state index is -0.275. The normalized spacial score (nSPS) is 10.3. The fraction of sp³-hybridized carbons (Fsp3) is 0.0870. The van der Waals surface area contributed by atoms with Crippen LogP contribution in [0.3, 0.4) is 0 Å². The van der Waals surface area contributed by atoms with Gasteiger partial charge in [0.2, 0.25) is 5.95 Å². The highest BCUT2D eigenvalue weighted by Crippen LogP contribution is 2.28. The number of anilines is 2. The van der Waals surface area contributed by atoms with Gasteiger partial charge in [-0.15, -0.1) is 0 Å². The van der Waals surface area contributed by atoms with Crippen molar-refractivity contribution < 1.29 is 9.53 Å². The monoisotopic (exact) mass is 412 g/mol. The summed E-state index contributed by atoms with van der Waals surface area (Å²) in [4.78, 5) is 20.5. The molecule has 0 spiro atoms. The second-order valence-electron chi connectivity index (χ2n) is 6.68. The summed E-state index contributed by atoms with van der Waals surface area (Å²) in [5.74, 6) is 4.35. The van der Waals surface area contributed by atoms with Gasteiger partial charge in [-0.3, -0.25) is 9.78 Å². The SMILES string of the molecule is CNC(=O)c1cc(Oc2ccc3c(c2)nc(Nc2cccc(C#CN)c2)n3C)ccn1. The Morgan fingerprint density at radius 2 is 1.97 bits per heavy atom. The minimum Gasteiger partial charge on any atom is -0.457 e. The standard InChI is InChI=1S/C23H20N6O2/c1-25-22(30)20-14-18(9-11-26-20)31-17-6-7-21-19(13-17)28-23(29(21)2)27-16-5-3-4-15(12-16)8-10-24/h3-7,9,11-14H,24H2,1-2H3,(H,25,30)(H,27,28). The molecular formula is C23H20N6O2. The molecule has 4 aromatic rings. The molecule has 0 saturated carbocycles. The number of carbonyl (C=O) groups is 1.